The van der Waals surface area contributed by atoms with Crippen LogP contribution < -0.4 is 0 Å². The van der Waals surface area contributed by atoms with E-state index in [2.05, 4.69) is 0 Å². The number of ether oxygens (including phenoxy) is 1. The molecule has 4 nitrogen and oxygen atoms in total. The van der Waals surface area contributed by atoms with Crippen molar-refractivity contribution >= 4 is 11.8 Å². The molecule has 0 aliphatic heterocycles. The van der Waals surface area contributed by atoms with Gasteiger partial charge in [0.2, 0.25) is 0 Å². The molecule has 0 aliphatic carbocycles. The Bertz CT molecular complexity index is 582. The lowest BCUT2D eigenvalue weighted by Crippen LogP contribution is -2.05. The Balaban J connectivity index is 2.59. The van der Waals surface area contributed by atoms with Gasteiger partial charge in [-0.1, -0.05) is 6.07 Å². The van der Waals surface area contributed by atoms with E-state index in [0.717, 1.165) is 0 Å². The second-order valence-electron chi connectivity index (χ2n) is 3.79. The first-order valence-electron chi connectivity index (χ1n) is 5.40. The van der Waals surface area contributed by atoms with Crippen LogP contribution in [0.1, 0.15) is 27.6 Å². The predicted octanol–water partition coefficient (Wildman–Crippen LogP) is 2.94. The SMILES string of the molecule is COC(=O)c1cc(C(C)=O)ccc1-c1ccco1. The van der Waals surface area contributed by atoms with Gasteiger partial charge in [-0.3, -0.25) is 4.79 Å². The fourth-order valence-electron chi connectivity index (χ4n) is 1.69. The molecule has 0 unspecified atom stereocenters. The van der Waals surface area contributed by atoms with Crippen LogP contribution >= 0.6 is 0 Å². The minimum Gasteiger partial charge on any atom is -0.465 e. The van der Waals surface area contributed by atoms with Gasteiger partial charge in [0, 0.05) is 11.1 Å². The zero-order chi connectivity index (χ0) is 13.1. The fourth-order valence-corrected chi connectivity index (χ4v) is 1.69. The number of carbonyl (C=O) groups excluding carboxylic acids is 2. The Morgan fingerprint density at radius 2 is 2.00 bits per heavy atom. The van der Waals surface area contributed by atoms with Crippen LogP contribution in [0.5, 0.6) is 0 Å². The van der Waals surface area contributed by atoms with Crippen molar-refractivity contribution in [1.29, 1.82) is 0 Å². The summed E-state index contributed by atoms with van der Waals surface area (Å²) >= 11 is 0. The van der Waals surface area contributed by atoms with Gasteiger partial charge in [0.25, 0.3) is 0 Å². The normalized spacial score (nSPS) is 10.1. The fraction of sp³-hybridized carbons (Fsp3) is 0.143. The number of methoxy groups -OCH3 is 1. The molecule has 0 fully saturated rings. The predicted molar refractivity (Wildman–Crippen MR) is 65.5 cm³/mol. The Morgan fingerprint density at radius 1 is 1.22 bits per heavy atom. The van der Waals surface area contributed by atoms with E-state index in [-0.39, 0.29) is 5.78 Å². The standard InChI is InChI=1S/C14H12O4/c1-9(15)10-5-6-11(13-4-3-7-18-13)12(8-10)14(16)17-2/h3-8H,1-2H3. The summed E-state index contributed by atoms with van der Waals surface area (Å²) in [5, 5.41) is 0. The molecule has 2 rings (SSSR count). The van der Waals surface area contributed by atoms with Crippen LogP contribution in [0.15, 0.2) is 41.0 Å². The highest BCUT2D eigenvalue weighted by molar-refractivity contribution is 6.01. The highest BCUT2D eigenvalue weighted by Gasteiger charge is 2.16. The van der Waals surface area contributed by atoms with E-state index in [9.17, 15) is 9.59 Å². The molecule has 0 aliphatic rings. The first kappa shape index (κ1) is 12.1. The molecule has 0 saturated heterocycles. The molecule has 2 aromatic rings. The third kappa shape index (κ3) is 2.18. The maximum atomic E-state index is 11.7. The molecule has 18 heavy (non-hydrogen) atoms. The van der Waals surface area contributed by atoms with Crippen molar-refractivity contribution in [2.45, 2.75) is 6.92 Å². The molecule has 0 saturated carbocycles. The molecule has 0 atom stereocenters. The Kier molecular flexibility index (Phi) is 3.28. The van der Waals surface area contributed by atoms with E-state index in [4.69, 9.17) is 9.15 Å². The van der Waals surface area contributed by atoms with Crippen molar-refractivity contribution < 1.29 is 18.7 Å². The van der Waals surface area contributed by atoms with Gasteiger partial charge in [0.1, 0.15) is 5.76 Å². The first-order valence-corrected chi connectivity index (χ1v) is 5.40. The Morgan fingerprint density at radius 3 is 2.56 bits per heavy atom. The van der Waals surface area contributed by atoms with Crippen molar-refractivity contribution in [3.05, 3.63) is 47.7 Å². The minimum absolute atomic E-state index is 0.105. The van der Waals surface area contributed by atoms with Gasteiger partial charge < -0.3 is 9.15 Å². The van der Waals surface area contributed by atoms with E-state index in [0.29, 0.717) is 22.5 Å². The number of hydrogen-bond acceptors (Lipinski definition) is 4. The second kappa shape index (κ2) is 4.87. The summed E-state index contributed by atoms with van der Waals surface area (Å²) in [6.45, 7) is 1.45. The van der Waals surface area contributed by atoms with Gasteiger partial charge in [-0.2, -0.15) is 0 Å². The van der Waals surface area contributed by atoms with Crippen molar-refractivity contribution in [2.24, 2.45) is 0 Å². The average Bonchev–Trinajstić information content (AvgIpc) is 2.90. The van der Waals surface area contributed by atoms with E-state index in [1.165, 1.54) is 26.4 Å². The van der Waals surface area contributed by atoms with Crippen molar-refractivity contribution in [1.82, 2.24) is 0 Å². The van der Waals surface area contributed by atoms with Gasteiger partial charge in [-0.05, 0) is 31.2 Å². The summed E-state index contributed by atoms with van der Waals surface area (Å²) in [6.07, 6.45) is 1.52. The molecule has 92 valence electrons. The number of carbonyl (C=O) groups is 2. The summed E-state index contributed by atoms with van der Waals surface area (Å²) in [6, 6.07) is 8.34. The quantitative estimate of drug-likeness (QED) is 0.615. The highest BCUT2D eigenvalue weighted by atomic mass is 16.5. The van der Waals surface area contributed by atoms with Crippen LogP contribution in [0, 0.1) is 0 Å². The summed E-state index contributed by atoms with van der Waals surface area (Å²) in [5.41, 5.74) is 1.39. The van der Waals surface area contributed by atoms with Crippen molar-refractivity contribution in [2.75, 3.05) is 7.11 Å². The molecular weight excluding hydrogens is 232 g/mol. The zero-order valence-electron chi connectivity index (χ0n) is 10.1. The first-order chi connectivity index (χ1) is 8.63. The van der Waals surface area contributed by atoms with Crippen molar-refractivity contribution in [3.8, 4) is 11.3 Å². The Labute approximate surface area is 104 Å². The number of furan rings is 1. The van der Waals surface area contributed by atoms with Gasteiger partial charge >= 0.3 is 5.97 Å². The van der Waals surface area contributed by atoms with E-state index in [1.54, 1.807) is 24.3 Å². The highest BCUT2D eigenvalue weighted by Crippen LogP contribution is 2.26. The zero-order valence-corrected chi connectivity index (χ0v) is 10.1. The molecular formula is C14H12O4. The van der Waals surface area contributed by atoms with Crippen LogP contribution in [-0.4, -0.2) is 18.9 Å². The molecule has 0 N–H and O–H groups in total. The maximum absolute atomic E-state index is 11.7. The van der Waals surface area contributed by atoms with Gasteiger partial charge in [-0.15, -0.1) is 0 Å². The molecule has 0 bridgehead atoms. The summed E-state index contributed by atoms with van der Waals surface area (Å²) in [4.78, 5) is 23.1. The number of rotatable bonds is 3. The van der Waals surface area contributed by atoms with Gasteiger partial charge in [0.05, 0.1) is 18.9 Å². The van der Waals surface area contributed by atoms with Crippen molar-refractivity contribution in [3.63, 3.8) is 0 Å². The van der Waals surface area contributed by atoms with Crippen LogP contribution in [0.2, 0.25) is 0 Å². The Hall–Kier alpha value is -2.36. The smallest absolute Gasteiger partial charge is 0.338 e. The molecule has 4 heteroatoms. The van der Waals surface area contributed by atoms with Gasteiger partial charge in [-0.25, -0.2) is 4.79 Å². The summed E-state index contributed by atoms with van der Waals surface area (Å²) in [7, 11) is 1.30. The largest absolute Gasteiger partial charge is 0.465 e. The summed E-state index contributed by atoms with van der Waals surface area (Å²) < 4.78 is 9.98. The number of Topliss-reactive ketones (excluding diaryl/α,β-unsaturated/α-hetero) is 1. The third-order valence-electron chi connectivity index (χ3n) is 2.62. The van der Waals surface area contributed by atoms with Crippen LogP contribution in [0.25, 0.3) is 11.3 Å². The monoisotopic (exact) mass is 244 g/mol. The van der Waals surface area contributed by atoms with E-state index < -0.39 is 5.97 Å². The minimum atomic E-state index is -0.496. The third-order valence-corrected chi connectivity index (χ3v) is 2.62. The molecule has 1 aromatic heterocycles. The van der Waals surface area contributed by atoms with E-state index in [1.807, 2.05) is 0 Å². The lowest BCUT2D eigenvalue weighted by atomic mass is 10.0. The molecule has 0 spiro atoms. The summed E-state index contributed by atoms with van der Waals surface area (Å²) in [5.74, 6) is -0.0406. The van der Waals surface area contributed by atoms with Crippen LogP contribution in [0.3, 0.4) is 0 Å². The average molecular weight is 244 g/mol. The van der Waals surface area contributed by atoms with Crippen LogP contribution in [0.4, 0.5) is 0 Å². The topological polar surface area (TPSA) is 56.5 Å². The number of ketones is 1. The number of hydrogen-bond donors (Lipinski definition) is 0. The van der Waals surface area contributed by atoms with Gasteiger partial charge in [0.15, 0.2) is 5.78 Å². The maximum Gasteiger partial charge on any atom is 0.338 e. The second-order valence-corrected chi connectivity index (χ2v) is 3.79. The number of benzene rings is 1. The lowest BCUT2D eigenvalue weighted by Gasteiger charge is -2.07. The lowest BCUT2D eigenvalue weighted by molar-refractivity contribution is 0.0601. The molecule has 1 aromatic carbocycles. The molecule has 0 amide bonds. The molecule has 0 radical (unpaired) electrons. The van der Waals surface area contributed by atoms with Crippen LogP contribution in [-0.2, 0) is 4.74 Å². The molecule has 1 heterocycles. The van der Waals surface area contributed by atoms with E-state index >= 15 is 0 Å². The number of esters is 1.